The van der Waals surface area contributed by atoms with Crippen LogP contribution in [0.5, 0.6) is 0 Å². The Balaban J connectivity index is 1.42. The van der Waals surface area contributed by atoms with E-state index in [0.717, 1.165) is 18.5 Å². The van der Waals surface area contributed by atoms with E-state index in [-0.39, 0.29) is 16.8 Å². The maximum atomic E-state index is 11.8. The molecule has 4 heterocycles. The van der Waals surface area contributed by atoms with Crippen LogP contribution in [-0.2, 0) is 14.8 Å². The Kier molecular flexibility index (Phi) is 5.49. The maximum absolute atomic E-state index is 11.8. The third kappa shape index (κ3) is 4.34. The lowest BCUT2D eigenvalue weighted by atomic mass is 10.1. The minimum atomic E-state index is -3.86. The summed E-state index contributed by atoms with van der Waals surface area (Å²) in [6, 6.07) is 6.37. The summed E-state index contributed by atoms with van der Waals surface area (Å²) in [7, 11) is -3.86. The highest BCUT2D eigenvalue weighted by atomic mass is 32.2. The van der Waals surface area contributed by atoms with Crippen molar-refractivity contribution in [3.05, 3.63) is 42.9 Å². The number of piperidine rings is 1. The highest BCUT2D eigenvalue weighted by molar-refractivity contribution is 7.89. The number of benzene rings is 1. The first-order valence-corrected chi connectivity index (χ1v) is 12.2. The van der Waals surface area contributed by atoms with Gasteiger partial charge >= 0.3 is 0 Å². The number of anilines is 2. The predicted molar refractivity (Wildman–Crippen MR) is 125 cm³/mol. The Labute approximate surface area is 195 Å². The molecule has 4 aromatic rings. The molecule has 34 heavy (non-hydrogen) atoms. The normalized spacial score (nSPS) is 15.1. The Morgan fingerprint density at radius 2 is 2.00 bits per heavy atom. The molecule has 0 aliphatic carbocycles. The number of carbonyl (C=O) groups excluding carboxylic acids is 1. The van der Waals surface area contributed by atoms with Crippen LogP contribution in [0.15, 0.2) is 47.8 Å². The average Bonchev–Trinajstić information content (AvgIpc) is 3.48. The third-order valence-electron chi connectivity index (χ3n) is 5.87. The quantitative estimate of drug-likeness (QED) is 0.388. The monoisotopic (exact) mass is 481 g/mol. The summed E-state index contributed by atoms with van der Waals surface area (Å²) in [4.78, 5) is 22.5. The third-order valence-corrected chi connectivity index (χ3v) is 6.78. The molecule has 0 bridgehead atoms. The second-order valence-electron chi connectivity index (χ2n) is 8.17. The van der Waals surface area contributed by atoms with Crippen molar-refractivity contribution in [2.24, 2.45) is 5.14 Å². The van der Waals surface area contributed by atoms with Gasteiger partial charge in [-0.15, -0.1) is 0 Å². The molecule has 0 atom stereocenters. The minimum Gasteiger partial charge on any atom is -0.343 e. The average molecular weight is 482 g/mol. The van der Waals surface area contributed by atoms with Gasteiger partial charge in [-0.3, -0.25) is 14.6 Å². The number of carbonyl (C=O) groups is 1. The SMILES string of the molecule is CC(=O)N1CCC(n2cc(Nc3nc(-c4cccc(S(N)(=O)=O)c4)nc4cn[nH]c34)cn2)CC1. The molecule has 176 valence electrons. The summed E-state index contributed by atoms with van der Waals surface area (Å²) >= 11 is 0. The molecule has 0 saturated carbocycles. The highest BCUT2D eigenvalue weighted by Gasteiger charge is 2.23. The standard InChI is InChI=1S/C21H23N9O3S/c1-13(31)29-7-5-16(6-8-29)30-12-15(10-24-30)25-21-19-18(11-23-28-19)26-20(27-21)14-3-2-4-17(9-14)34(22,32)33/h2-4,9-12,16H,5-8H2,1H3,(H,23,28)(H2,22,32,33)(H,25,26,27). The fraction of sp³-hybridized carbons (Fsp3) is 0.286. The zero-order valence-corrected chi connectivity index (χ0v) is 19.2. The van der Waals surface area contributed by atoms with Crippen molar-refractivity contribution in [1.29, 1.82) is 0 Å². The molecule has 0 unspecified atom stereocenters. The number of nitrogens with zero attached hydrogens (tertiary/aromatic N) is 6. The van der Waals surface area contributed by atoms with Crippen LogP contribution >= 0.6 is 0 Å². The topological polar surface area (TPSA) is 165 Å². The second-order valence-corrected chi connectivity index (χ2v) is 9.73. The van der Waals surface area contributed by atoms with Gasteiger partial charge in [-0.1, -0.05) is 12.1 Å². The van der Waals surface area contributed by atoms with Gasteiger partial charge in [0.2, 0.25) is 15.9 Å². The van der Waals surface area contributed by atoms with E-state index in [1.165, 1.54) is 12.1 Å². The van der Waals surface area contributed by atoms with Gasteiger partial charge in [0, 0.05) is 31.8 Å². The predicted octanol–water partition coefficient (Wildman–Crippen LogP) is 1.79. The molecule has 1 aromatic carbocycles. The van der Waals surface area contributed by atoms with Crippen molar-refractivity contribution in [2.75, 3.05) is 18.4 Å². The molecular weight excluding hydrogens is 458 g/mol. The van der Waals surface area contributed by atoms with E-state index in [4.69, 9.17) is 5.14 Å². The fourth-order valence-corrected chi connectivity index (χ4v) is 4.62. The Hall–Kier alpha value is -3.84. The number of sulfonamides is 1. The summed E-state index contributed by atoms with van der Waals surface area (Å²) in [6.07, 6.45) is 6.86. The lowest BCUT2D eigenvalue weighted by Gasteiger charge is -2.31. The Bertz CT molecular complexity index is 1470. The van der Waals surface area contributed by atoms with Crippen molar-refractivity contribution in [3.63, 3.8) is 0 Å². The summed E-state index contributed by atoms with van der Waals surface area (Å²) in [5, 5.41) is 20.0. The number of rotatable bonds is 5. The van der Waals surface area contributed by atoms with Crippen LogP contribution in [0.3, 0.4) is 0 Å². The van der Waals surface area contributed by atoms with Crippen molar-refractivity contribution >= 4 is 38.5 Å². The summed E-state index contributed by atoms with van der Waals surface area (Å²) in [5.41, 5.74) is 2.41. The first-order chi connectivity index (χ1) is 16.3. The molecule has 1 fully saturated rings. The highest BCUT2D eigenvalue weighted by Crippen LogP contribution is 2.28. The van der Waals surface area contributed by atoms with Crippen molar-refractivity contribution in [1.82, 2.24) is 34.8 Å². The lowest BCUT2D eigenvalue weighted by molar-refractivity contribution is -0.130. The molecule has 12 nitrogen and oxygen atoms in total. The Morgan fingerprint density at radius 1 is 1.21 bits per heavy atom. The van der Waals surface area contributed by atoms with Gasteiger partial charge in [0.15, 0.2) is 11.6 Å². The zero-order chi connectivity index (χ0) is 23.9. The van der Waals surface area contributed by atoms with E-state index in [1.807, 2.05) is 15.8 Å². The van der Waals surface area contributed by atoms with Crippen LogP contribution in [0, 0.1) is 0 Å². The molecule has 4 N–H and O–H groups in total. The number of amides is 1. The number of aromatic nitrogens is 6. The van der Waals surface area contributed by atoms with Crippen LogP contribution in [-0.4, -0.2) is 62.3 Å². The first kappa shape index (κ1) is 22.0. The van der Waals surface area contributed by atoms with Gasteiger partial charge in [0.1, 0.15) is 11.0 Å². The van der Waals surface area contributed by atoms with Crippen molar-refractivity contribution in [2.45, 2.75) is 30.7 Å². The molecule has 5 rings (SSSR count). The largest absolute Gasteiger partial charge is 0.343 e. The number of primary sulfonamides is 1. The lowest BCUT2D eigenvalue weighted by Crippen LogP contribution is -2.37. The number of H-pyrrole nitrogens is 1. The van der Waals surface area contributed by atoms with Gasteiger partial charge in [-0.05, 0) is 25.0 Å². The number of hydrogen-bond donors (Lipinski definition) is 3. The Morgan fingerprint density at radius 3 is 2.74 bits per heavy atom. The van der Waals surface area contributed by atoms with Crippen molar-refractivity contribution in [3.8, 4) is 11.4 Å². The molecule has 3 aromatic heterocycles. The van der Waals surface area contributed by atoms with E-state index in [1.54, 1.807) is 31.5 Å². The van der Waals surface area contributed by atoms with Crippen molar-refractivity contribution < 1.29 is 13.2 Å². The van der Waals surface area contributed by atoms with Gasteiger partial charge in [-0.2, -0.15) is 10.2 Å². The molecule has 1 aliphatic heterocycles. The van der Waals surface area contributed by atoms with E-state index >= 15 is 0 Å². The van der Waals surface area contributed by atoms with E-state index in [2.05, 4.69) is 30.6 Å². The van der Waals surface area contributed by atoms with Gasteiger partial charge < -0.3 is 10.2 Å². The van der Waals surface area contributed by atoms with Crippen LogP contribution in [0.4, 0.5) is 11.5 Å². The molecule has 13 heteroatoms. The smallest absolute Gasteiger partial charge is 0.238 e. The molecule has 0 spiro atoms. The summed E-state index contributed by atoms with van der Waals surface area (Å²) < 4.78 is 25.4. The molecule has 1 amide bonds. The van der Waals surface area contributed by atoms with Crippen LogP contribution in [0.2, 0.25) is 0 Å². The minimum absolute atomic E-state index is 0.0208. The summed E-state index contributed by atoms with van der Waals surface area (Å²) in [5.74, 6) is 0.898. The van der Waals surface area contributed by atoms with E-state index in [0.29, 0.717) is 41.3 Å². The second kappa shape index (κ2) is 8.50. The molecule has 1 saturated heterocycles. The van der Waals surface area contributed by atoms with E-state index in [9.17, 15) is 13.2 Å². The number of hydrogen-bond acceptors (Lipinski definition) is 8. The van der Waals surface area contributed by atoms with Crippen LogP contribution in [0.1, 0.15) is 25.8 Å². The molecule has 1 aliphatic rings. The fourth-order valence-electron chi connectivity index (χ4n) is 4.06. The number of aromatic amines is 1. The zero-order valence-electron chi connectivity index (χ0n) is 18.3. The van der Waals surface area contributed by atoms with Gasteiger partial charge in [0.25, 0.3) is 0 Å². The number of nitrogens with two attached hydrogens (primary N) is 1. The maximum Gasteiger partial charge on any atom is 0.238 e. The van der Waals surface area contributed by atoms with Crippen LogP contribution in [0.25, 0.3) is 22.4 Å². The number of fused-ring (bicyclic) bond motifs is 1. The number of nitrogens with one attached hydrogen (secondary N) is 2. The summed E-state index contributed by atoms with van der Waals surface area (Å²) in [6.45, 7) is 3.02. The van der Waals surface area contributed by atoms with E-state index < -0.39 is 10.0 Å². The number of likely N-dealkylation sites (tertiary alicyclic amines) is 1. The van der Waals surface area contributed by atoms with Gasteiger partial charge in [0.05, 0.1) is 29.0 Å². The molecule has 0 radical (unpaired) electrons. The molecular formula is C21H23N9O3S. The van der Waals surface area contributed by atoms with Crippen LogP contribution < -0.4 is 10.5 Å². The first-order valence-electron chi connectivity index (χ1n) is 10.7. The van der Waals surface area contributed by atoms with Gasteiger partial charge in [-0.25, -0.2) is 23.5 Å².